The van der Waals surface area contributed by atoms with Crippen molar-refractivity contribution >= 4 is 11.6 Å². The average molecular weight is 217 g/mol. The first-order valence-corrected chi connectivity index (χ1v) is 4.82. The summed E-state index contributed by atoms with van der Waals surface area (Å²) >= 11 is 0. The lowest BCUT2D eigenvalue weighted by atomic mass is 10.2. The minimum Gasteiger partial charge on any atom is -0.324 e. The molecule has 82 valence electrons. The van der Waals surface area contributed by atoms with Crippen LogP contribution in [0.2, 0.25) is 0 Å². The highest BCUT2D eigenvalue weighted by Gasteiger charge is 2.05. The first kappa shape index (κ1) is 10.3. The van der Waals surface area contributed by atoms with Gasteiger partial charge in [0.15, 0.2) is 0 Å². The van der Waals surface area contributed by atoms with E-state index in [1.165, 1.54) is 11.0 Å². The fourth-order valence-corrected chi connectivity index (χ4v) is 1.30. The van der Waals surface area contributed by atoms with Crippen LogP contribution < -0.4 is 5.32 Å². The summed E-state index contributed by atoms with van der Waals surface area (Å²) in [6.45, 7) is 2.05. The lowest BCUT2D eigenvalue weighted by molar-refractivity contribution is -0.116. The van der Waals surface area contributed by atoms with E-state index in [9.17, 15) is 4.79 Å². The summed E-state index contributed by atoms with van der Waals surface area (Å²) in [6.07, 6.45) is 1.40. The second-order valence-electron chi connectivity index (χ2n) is 3.37. The lowest BCUT2D eigenvalue weighted by Gasteiger charge is -2.07. The summed E-state index contributed by atoms with van der Waals surface area (Å²) in [7, 11) is 0. The van der Waals surface area contributed by atoms with Crippen LogP contribution in [-0.2, 0) is 11.3 Å². The predicted molar refractivity (Wildman–Crippen MR) is 57.6 cm³/mol. The summed E-state index contributed by atoms with van der Waals surface area (Å²) in [4.78, 5) is 11.6. The average Bonchev–Trinajstić information content (AvgIpc) is 2.74. The fraction of sp³-hybridized carbons (Fsp3) is 0.200. The van der Waals surface area contributed by atoms with Crippen molar-refractivity contribution in [2.75, 3.05) is 5.32 Å². The number of tetrazole rings is 1. The standard InChI is InChI=1S/C10H11N5O/c1-8-4-2-3-5-9(8)12-10(16)6-15-7-11-13-14-15/h2-5,7H,6H2,1H3,(H,12,16). The number of nitrogens with one attached hydrogen (secondary N) is 1. The molecule has 2 aromatic rings. The Labute approximate surface area is 92.3 Å². The summed E-state index contributed by atoms with van der Waals surface area (Å²) < 4.78 is 1.37. The van der Waals surface area contributed by atoms with E-state index < -0.39 is 0 Å². The molecule has 0 aliphatic rings. The molecule has 0 aliphatic heterocycles. The van der Waals surface area contributed by atoms with Gasteiger partial charge < -0.3 is 5.32 Å². The van der Waals surface area contributed by atoms with Crippen LogP contribution in [0.1, 0.15) is 5.56 Å². The molecule has 0 spiro atoms. The van der Waals surface area contributed by atoms with Crippen molar-refractivity contribution in [1.29, 1.82) is 0 Å². The maximum atomic E-state index is 11.6. The summed E-state index contributed by atoms with van der Waals surface area (Å²) in [5.74, 6) is -0.151. The molecular weight excluding hydrogens is 206 g/mol. The van der Waals surface area contributed by atoms with Crippen LogP contribution in [0.5, 0.6) is 0 Å². The molecule has 1 heterocycles. The van der Waals surface area contributed by atoms with Crippen molar-refractivity contribution < 1.29 is 4.79 Å². The molecule has 0 unspecified atom stereocenters. The normalized spacial score (nSPS) is 10.1. The third-order valence-electron chi connectivity index (χ3n) is 2.12. The number of hydrogen-bond acceptors (Lipinski definition) is 4. The molecule has 1 aromatic heterocycles. The van der Waals surface area contributed by atoms with Crippen LogP contribution in [0.4, 0.5) is 5.69 Å². The van der Waals surface area contributed by atoms with Crippen molar-refractivity contribution in [2.45, 2.75) is 13.5 Å². The van der Waals surface area contributed by atoms with E-state index in [0.717, 1.165) is 11.3 Å². The molecule has 1 aromatic carbocycles. The Morgan fingerprint density at radius 2 is 2.25 bits per heavy atom. The van der Waals surface area contributed by atoms with Gasteiger partial charge in [0.25, 0.3) is 0 Å². The third-order valence-corrected chi connectivity index (χ3v) is 2.12. The highest BCUT2D eigenvalue weighted by atomic mass is 16.2. The Bertz CT molecular complexity index is 480. The topological polar surface area (TPSA) is 72.7 Å². The van der Waals surface area contributed by atoms with E-state index in [4.69, 9.17) is 0 Å². The Hall–Kier alpha value is -2.24. The van der Waals surface area contributed by atoms with Gasteiger partial charge in [0.2, 0.25) is 5.91 Å². The minimum atomic E-state index is -0.151. The molecule has 1 amide bonds. The zero-order chi connectivity index (χ0) is 11.4. The van der Waals surface area contributed by atoms with Crippen LogP contribution in [0.25, 0.3) is 0 Å². The molecule has 0 fully saturated rings. The number of nitrogens with zero attached hydrogens (tertiary/aromatic N) is 4. The molecule has 0 aliphatic carbocycles. The van der Waals surface area contributed by atoms with E-state index in [0.29, 0.717) is 0 Å². The maximum absolute atomic E-state index is 11.6. The van der Waals surface area contributed by atoms with Crippen molar-refractivity contribution in [3.05, 3.63) is 36.2 Å². The Morgan fingerprint density at radius 3 is 2.94 bits per heavy atom. The number of aromatic nitrogens is 4. The van der Waals surface area contributed by atoms with Crippen molar-refractivity contribution in [2.24, 2.45) is 0 Å². The number of hydrogen-bond donors (Lipinski definition) is 1. The number of anilines is 1. The second kappa shape index (κ2) is 4.52. The van der Waals surface area contributed by atoms with Crippen LogP contribution in [0.3, 0.4) is 0 Å². The number of para-hydroxylation sites is 1. The molecule has 0 bridgehead atoms. The molecule has 0 saturated carbocycles. The number of aryl methyl sites for hydroxylation is 1. The van der Waals surface area contributed by atoms with E-state index in [1.54, 1.807) is 0 Å². The number of amides is 1. The van der Waals surface area contributed by atoms with E-state index in [-0.39, 0.29) is 12.5 Å². The Balaban J connectivity index is 2.00. The number of benzene rings is 1. The molecule has 16 heavy (non-hydrogen) atoms. The van der Waals surface area contributed by atoms with Gasteiger partial charge in [-0.1, -0.05) is 18.2 Å². The van der Waals surface area contributed by atoms with Crippen LogP contribution in [0, 0.1) is 6.92 Å². The molecule has 0 radical (unpaired) electrons. The van der Waals surface area contributed by atoms with Gasteiger partial charge in [-0.05, 0) is 29.0 Å². The summed E-state index contributed by atoms with van der Waals surface area (Å²) in [5, 5.41) is 13.3. The van der Waals surface area contributed by atoms with Crippen molar-refractivity contribution in [1.82, 2.24) is 20.2 Å². The van der Waals surface area contributed by atoms with E-state index >= 15 is 0 Å². The van der Waals surface area contributed by atoms with Crippen LogP contribution in [0.15, 0.2) is 30.6 Å². The number of carbonyl (C=O) groups excluding carboxylic acids is 1. The second-order valence-corrected chi connectivity index (χ2v) is 3.37. The van der Waals surface area contributed by atoms with Gasteiger partial charge in [0.1, 0.15) is 12.9 Å². The predicted octanol–water partition coefficient (Wildman–Crippen LogP) is 0.620. The summed E-state index contributed by atoms with van der Waals surface area (Å²) in [6, 6.07) is 7.59. The Morgan fingerprint density at radius 1 is 1.44 bits per heavy atom. The highest BCUT2D eigenvalue weighted by molar-refractivity contribution is 5.91. The minimum absolute atomic E-state index is 0.112. The monoisotopic (exact) mass is 217 g/mol. The lowest BCUT2D eigenvalue weighted by Crippen LogP contribution is -2.19. The summed E-state index contributed by atoms with van der Waals surface area (Å²) in [5.41, 5.74) is 1.83. The van der Waals surface area contributed by atoms with Gasteiger partial charge in [-0.3, -0.25) is 4.79 Å². The zero-order valence-corrected chi connectivity index (χ0v) is 8.79. The van der Waals surface area contributed by atoms with Crippen molar-refractivity contribution in [3.8, 4) is 0 Å². The number of carbonyl (C=O) groups is 1. The third kappa shape index (κ3) is 2.41. The smallest absolute Gasteiger partial charge is 0.246 e. The van der Waals surface area contributed by atoms with Gasteiger partial charge in [0, 0.05) is 5.69 Å². The van der Waals surface area contributed by atoms with Gasteiger partial charge in [-0.25, -0.2) is 4.68 Å². The van der Waals surface area contributed by atoms with Gasteiger partial charge in [-0.2, -0.15) is 0 Å². The zero-order valence-electron chi connectivity index (χ0n) is 8.79. The first-order chi connectivity index (χ1) is 7.75. The largest absolute Gasteiger partial charge is 0.324 e. The number of rotatable bonds is 3. The molecule has 6 heteroatoms. The first-order valence-electron chi connectivity index (χ1n) is 4.82. The Kier molecular flexibility index (Phi) is 2.90. The highest BCUT2D eigenvalue weighted by Crippen LogP contribution is 2.12. The fourth-order valence-electron chi connectivity index (χ4n) is 1.30. The SMILES string of the molecule is Cc1ccccc1NC(=O)Cn1cnnn1. The quantitative estimate of drug-likeness (QED) is 0.818. The van der Waals surface area contributed by atoms with Crippen LogP contribution >= 0.6 is 0 Å². The molecule has 0 saturated heterocycles. The molecule has 1 N–H and O–H groups in total. The maximum Gasteiger partial charge on any atom is 0.246 e. The molecule has 6 nitrogen and oxygen atoms in total. The van der Waals surface area contributed by atoms with Crippen molar-refractivity contribution in [3.63, 3.8) is 0 Å². The van der Waals surface area contributed by atoms with E-state index in [2.05, 4.69) is 20.8 Å². The molecule has 2 rings (SSSR count). The van der Waals surface area contributed by atoms with Gasteiger partial charge in [0.05, 0.1) is 0 Å². The molecule has 0 atom stereocenters. The molecular formula is C10H11N5O. The van der Waals surface area contributed by atoms with E-state index in [1.807, 2.05) is 31.2 Å². The van der Waals surface area contributed by atoms with Crippen LogP contribution in [-0.4, -0.2) is 26.1 Å². The van der Waals surface area contributed by atoms with Gasteiger partial charge in [-0.15, -0.1) is 5.10 Å². The van der Waals surface area contributed by atoms with Gasteiger partial charge >= 0.3 is 0 Å².